The van der Waals surface area contributed by atoms with Gasteiger partial charge in [0.15, 0.2) is 0 Å². The number of likely N-dealkylation sites (N-methyl/N-ethyl adjacent to an activating group) is 1. The molecule has 0 aromatic heterocycles. The molecule has 0 bridgehead atoms. The van der Waals surface area contributed by atoms with E-state index in [1.165, 1.54) is 148 Å². The van der Waals surface area contributed by atoms with Crippen LogP contribution in [0.3, 0.4) is 0 Å². The van der Waals surface area contributed by atoms with Gasteiger partial charge >= 0.3 is 0 Å². The number of aliphatic hydroxyl groups excluding tert-OH is 1. The molecule has 0 fully saturated rings. The van der Waals surface area contributed by atoms with E-state index in [-0.39, 0.29) is 19.1 Å². The third kappa shape index (κ3) is 37.8. The third-order valence-corrected chi connectivity index (χ3v) is 11.3. The summed E-state index contributed by atoms with van der Waals surface area (Å²) in [6.45, 7) is 4.61. The van der Waals surface area contributed by atoms with Crippen LogP contribution in [0.15, 0.2) is 0 Å². The zero-order valence-corrected chi connectivity index (χ0v) is 36.2. The highest BCUT2D eigenvalue weighted by atomic mass is 31.2. The average molecular weight is 761 g/mol. The number of phosphoric ester groups is 1. The summed E-state index contributed by atoms with van der Waals surface area (Å²) in [7, 11) is 1.31. The molecule has 0 radical (unpaired) electrons. The second-order valence-electron chi connectivity index (χ2n) is 16.8. The molecule has 0 saturated heterocycles. The zero-order valence-electron chi connectivity index (χ0n) is 35.3. The molecule has 8 nitrogen and oxygen atoms in total. The van der Waals surface area contributed by atoms with Crippen LogP contribution in [0.4, 0.5) is 0 Å². The van der Waals surface area contributed by atoms with Crippen molar-refractivity contribution in [2.24, 2.45) is 0 Å². The second-order valence-corrected chi connectivity index (χ2v) is 18.2. The normalized spacial score (nSPS) is 14.4. The first kappa shape index (κ1) is 51.5. The molecule has 0 aromatic rings. The summed E-state index contributed by atoms with van der Waals surface area (Å²) < 4.78 is 23.0. The number of rotatable bonds is 41. The monoisotopic (exact) mass is 761 g/mol. The van der Waals surface area contributed by atoms with Gasteiger partial charge in [-0.05, 0) is 12.8 Å². The Morgan fingerprint density at radius 3 is 1.31 bits per heavy atom. The Morgan fingerprint density at radius 2 is 0.942 bits per heavy atom. The summed E-state index contributed by atoms with van der Waals surface area (Å²) in [5, 5.41) is 13.7. The Balaban J connectivity index is 3.90. The molecule has 0 aliphatic heterocycles. The van der Waals surface area contributed by atoms with Crippen molar-refractivity contribution in [2.45, 2.75) is 231 Å². The van der Waals surface area contributed by atoms with Gasteiger partial charge in [-0.1, -0.05) is 200 Å². The standard InChI is InChI=1S/C43H89N2O6P/c1-6-8-10-12-13-14-15-16-17-18-19-20-21-22-23-24-25-26-27-28-29-30-31-32-33-34-36-42(46)41(44-43(47)37-35-11-9-7-2)40-51-52(48,49)50-39-38-45(3,4)5/h41-42,46H,6-40H2,1-5H3,(H-,44,47,48,49). The lowest BCUT2D eigenvalue weighted by atomic mass is 10.0. The van der Waals surface area contributed by atoms with Crippen LogP contribution in [-0.4, -0.2) is 68.5 Å². The van der Waals surface area contributed by atoms with Crippen LogP contribution >= 0.6 is 7.82 Å². The van der Waals surface area contributed by atoms with Gasteiger partial charge in [0.25, 0.3) is 7.82 Å². The van der Waals surface area contributed by atoms with Gasteiger partial charge in [0.1, 0.15) is 13.2 Å². The first-order valence-corrected chi connectivity index (χ1v) is 23.8. The van der Waals surface area contributed by atoms with Gasteiger partial charge in [-0.15, -0.1) is 0 Å². The van der Waals surface area contributed by atoms with Crippen LogP contribution in [0, 0.1) is 0 Å². The first-order valence-electron chi connectivity index (χ1n) is 22.4. The van der Waals surface area contributed by atoms with Gasteiger partial charge in [0.05, 0.1) is 39.9 Å². The lowest BCUT2D eigenvalue weighted by molar-refractivity contribution is -0.870. The second kappa shape index (κ2) is 36.2. The van der Waals surface area contributed by atoms with Crippen LogP contribution in [0.25, 0.3) is 0 Å². The maximum absolute atomic E-state index is 12.6. The Labute approximate surface area is 323 Å². The first-order chi connectivity index (χ1) is 25.0. The van der Waals surface area contributed by atoms with E-state index in [9.17, 15) is 19.4 Å². The average Bonchev–Trinajstić information content (AvgIpc) is 3.09. The van der Waals surface area contributed by atoms with Crippen molar-refractivity contribution in [3.8, 4) is 0 Å². The van der Waals surface area contributed by atoms with Crippen molar-refractivity contribution in [3.63, 3.8) is 0 Å². The molecular formula is C43H89N2O6P. The van der Waals surface area contributed by atoms with Crippen molar-refractivity contribution in [2.75, 3.05) is 40.9 Å². The number of phosphoric acid groups is 1. The highest BCUT2D eigenvalue weighted by molar-refractivity contribution is 7.45. The van der Waals surface area contributed by atoms with Gasteiger partial charge < -0.3 is 28.8 Å². The van der Waals surface area contributed by atoms with Crippen LogP contribution < -0.4 is 10.2 Å². The van der Waals surface area contributed by atoms with E-state index >= 15 is 0 Å². The molecule has 0 aromatic carbocycles. The topological polar surface area (TPSA) is 108 Å². The Kier molecular flexibility index (Phi) is 35.8. The third-order valence-electron chi connectivity index (χ3n) is 10.3. The summed E-state index contributed by atoms with van der Waals surface area (Å²) >= 11 is 0. The van der Waals surface area contributed by atoms with Crippen molar-refractivity contribution >= 4 is 13.7 Å². The fraction of sp³-hybridized carbons (Fsp3) is 0.977. The highest BCUT2D eigenvalue weighted by Crippen LogP contribution is 2.38. The molecule has 3 atom stereocenters. The maximum Gasteiger partial charge on any atom is 0.268 e. The Morgan fingerprint density at radius 1 is 0.596 bits per heavy atom. The minimum atomic E-state index is -4.54. The van der Waals surface area contributed by atoms with E-state index < -0.39 is 20.0 Å². The Hall–Kier alpha value is -0.500. The number of hydrogen-bond donors (Lipinski definition) is 2. The zero-order chi connectivity index (χ0) is 38.6. The van der Waals surface area contributed by atoms with Gasteiger partial charge in [-0.2, -0.15) is 0 Å². The van der Waals surface area contributed by atoms with Gasteiger partial charge in [0, 0.05) is 6.42 Å². The SMILES string of the molecule is CCCCCCCCCCCCCCCCCCCCCCCCCCCCC(O)C(COP(=O)([O-])OCC[N+](C)(C)C)NC(=O)CCCCCC. The predicted molar refractivity (Wildman–Crippen MR) is 219 cm³/mol. The van der Waals surface area contributed by atoms with E-state index in [4.69, 9.17) is 9.05 Å². The Bertz CT molecular complexity index is 824. The molecule has 0 saturated carbocycles. The molecule has 1 amide bonds. The van der Waals surface area contributed by atoms with Crippen LogP contribution in [0.5, 0.6) is 0 Å². The van der Waals surface area contributed by atoms with Crippen molar-refractivity contribution < 1.29 is 32.9 Å². The molecule has 52 heavy (non-hydrogen) atoms. The lowest BCUT2D eigenvalue weighted by Gasteiger charge is -2.30. The molecule has 3 unspecified atom stereocenters. The number of hydrogen-bond acceptors (Lipinski definition) is 6. The van der Waals surface area contributed by atoms with Gasteiger partial charge in [0.2, 0.25) is 5.91 Å². The fourth-order valence-corrected chi connectivity index (χ4v) is 7.47. The van der Waals surface area contributed by atoms with E-state index in [1.807, 2.05) is 21.1 Å². The van der Waals surface area contributed by atoms with Gasteiger partial charge in [-0.25, -0.2) is 0 Å². The van der Waals surface area contributed by atoms with Crippen LogP contribution in [0.2, 0.25) is 0 Å². The fourth-order valence-electron chi connectivity index (χ4n) is 6.75. The molecule has 9 heteroatoms. The molecule has 2 N–H and O–H groups in total. The molecule has 0 aliphatic carbocycles. The largest absolute Gasteiger partial charge is 0.756 e. The summed E-state index contributed by atoms with van der Waals surface area (Å²) in [6, 6.07) is -0.790. The van der Waals surface area contributed by atoms with Gasteiger partial charge in [-0.3, -0.25) is 9.36 Å². The molecule has 0 rings (SSSR count). The molecule has 312 valence electrons. The lowest BCUT2D eigenvalue weighted by Crippen LogP contribution is -2.46. The quantitative estimate of drug-likeness (QED) is 0.0365. The number of nitrogens with one attached hydrogen (secondary N) is 1. The number of carbonyl (C=O) groups is 1. The summed E-state index contributed by atoms with van der Waals surface area (Å²) in [5.41, 5.74) is 0. The van der Waals surface area contributed by atoms with Crippen LogP contribution in [-0.2, 0) is 18.4 Å². The highest BCUT2D eigenvalue weighted by Gasteiger charge is 2.24. The molecular weight excluding hydrogens is 671 g/mol. The molecule has 0 aliphatic rings. The maximum atomic E-state index is 12.6. The van der Waals surface area contributed by atoms with E-state index in [2.05, 4.69) is 19.2 Å². The number of quaternary nitrogens is 1. The summed E-state index contributed by atoms with van der Waals surface area (Å²) in [6.07, 6.45) is 39.0. The summed E-state index contributed by atoms with van der Waals surface area (Å²) in [5.74, 6) is -0.180. The minimum Gasteiger partial charge on any atom is -0.756 e. The molecule has 0 spiro atoms. The van der Waals surface area contributed by atoms with Crippen molar-refractivity contribution in [3.05, 3.63) is 0 Å². The molecule has 0 heterocycles. The number of carbonyl (C=O) groups excluding carboxylic acids is 1. The number of aliphatic hydroxyl groups is 1. The van der Waals surface area contributed by atoms with Crippen molar-refractivity contribution in [1.82, 2.24) is 5.32 Å². The smallest absolute Gasteiger partial charge is 0.268 e. The van der Waals surface area contributed by atoms with E-state index in [1.54, 1.807) is 0 Å². The minimum absolute atomic E-state index is 0.0148. The van der Waals surface area contributed by atoms with E-state index in [0.29, 0.717) is 23.9 Å². The number of amides is 1. The summed E-state index contributed by atoms with van der Waals surface area (Å²) in [4.78, 5) is 24.9. The van der Waals surface area contributed by atoms with Crippen molar-refractivity contribution in [1.29, 1.82) is 0 Å². The number of unbranched alkanes of at least 4 members (excludes halogenated alkanes) is 28. The number of nitrogens with zero attached hydrogens (tertiary/aromatic N) is 1. The van der Waals surface area contributed by atoms with Crippen LogP contribution in [0.1, 0.15) is 219 Å². The van der Waals surface area contributed by atoms with E-state index in [0.717, 1.165) is 44.9 Å². The predicted octanol–water partition coefficient (Wildman–Crippen LogP) is 11.6.